The summed E-state index contributed by atoms with van der Waals surface area (Å²) >= 11 is 0. The zero-order valence-electron chi connectivity index (χ0n) is 24.0. The fourth-order valence-corrected chi connectivity index (χ4v) is 8.84. The zero-order valence-corrected chi connectivity index (χ0v) is 24.0. The number of phenols is 1. The standard InChI is InChI=1S/C34H36N2O6/c1-34-25(31(39)36(33(34)41)20-12-7-4-8-13-20)18-24-21(28(34)23-14-9-15-26(42-2)29(23)37)16-17-22-27(24)32(40)35(30(22)38)19-10-5-3-6-11-19/h4,7-9,12-16,19,22,24-25,27-28,37H,3,5-6,10-11,17-18H2,1-2H3/t22-,24+,25-,27-,28+,34+/m0/s1. The number of hydrogen-bond acceptors (Lipinski definition) is 6. The average molecular weight is 569 g/mol. The number of nitrogens with zero attached hydrogens (tertiary/aromatic N) is 2. The molecule has 5 aliphatic rings. The number of amides is 4. The number of rotatable bonds is 4. The van der Waals surface area contributed by atoms with E-state index in [2.05, 4.69) is 0 Å². The number of anilines is 1. The third kappa shape index (κ3) is 3.59. The summed E-state index contributed by atoms with van der Waals surface area (Å²) in [6.45, 7) is 1.82. The van der Waals surface area contributed by atoms with Crippen LogP contribution in [0.25, 0.3) is 0 Å². The van der Waals surface area contributed by atoms with Gasteiger partial charge in [-0.25, -0.2) is 4.90 Å². The second kappa shape index (κ2) is 9.82. The van der Waals surface area contributed by atoms with Gasteiger partial charge in [0.05, 0.1) is 36.0 Å². The smallest absolute Gasteiger partial charge is 0.241 e. The van der Waals surface area contributed by atoms with Gasteiger partial charge in [0, 0.05) is 17.5 Å². The number of hydrogen-bond donors (Lipinski definition) is 1. The van der Waals surface area contributed by atoms with E-state index in [9.17, 15) is 24.3 Å². The van der Waals surface area contributed by atoms with Crippen molar-refractivity contribution in [3.05, 3.63) is 65.7 Å². The van der Waals surface area contributed by atoms with Gasteiger partial charge >= 0.3 is 0 Å². The molecule has 42 heavy (non-hydrogen) atoms. The summed E-state index contributed by atoms with van der Waals surface area (Å²) in [4.78, 5) is 59.4. The summed E-state index contributed by atoms with van der Waals surface area (Å²) in [7, 11) is 1.47. The van der Waals surface area contributed by atoms with E-state index in [4.69, 9.17) is 4.74 Å². The van der Waals surface area contributed by atoms with Crippen LogP contribution in [0.5, 0.6) is 11.5 Å². The molecule has 0 unspecified atom stereocenters. The van der Waals surface area contributed by atoms with E-state index in [0.717, 1.165) is 37.7 Å². The van der Waals surface area contributed by atoms with E-state index in [0.29, 0.717) is 24.1 Å². The highest BCUT2D eigenvalue weighted by molar-refractivity contribution is 6.24. The quantitative estimate of drug-likeness (QED) is 0.413. The summed E-state index contributed by atoms with van der Waals surface area (Å²) in [6, 6.07) is 14.1. The number of phenolic OH excluding ortho intramolecular Hbond substituents is 1. The lowest BCUT2D eigenvalue weighted by Gasteiger charge is -2.49. The van der Waals surface area contributed by atoms with Crippen molar-refractivity contribution in [3.63, 3.8) is 0 Å². The first-order valence-electron chi connectivity index (χ1n) is 15.1. The molecule has 1 N–H and O–H groups in total. The van der Waals surface area contributed by atoms with Gasteiger partial charge in [0.15, 0.2) is 11.5 Å². The Hall–Kier alpha value is -3.94. The maximum atomic E-state index is 14.4. The van der Waals surface area contributed by atoms with Gasteiger partial charge < -0.3 is 9.84 Å². The van der Waals surface area contributed by atoms with Crippen molar-refractivity contribution in [2.24, 2.45) is 29.1 Å². The molecule has 2 heterocycles. The van der Waals surface area contributed by atoms with Gasteiger partial charge in [0.2, 0.25) is 23.6 Å². The number of allylic oxidation sites excluding steroid dienone is 2. The number of methoxy groups -OCH3 is 1. The Morgan fingerprint density at radius 2 is 1.62 bits per heavy atom. The SMILES string of the molecule is COc1cccc([C@H]2C3=CC[C@@H]4C(=O)N(C5CCCCC5)C(=O)[C@@H]4[C@@H]3C[C@H]3C(=O)N(c4ccccc4)C(=O)[C@@]23C)c1O. The van der Waals surface area contributed by atoms with Crippen LogP contribution in [0.1, 0.15) is 63.4 Å². The summed E-state index contributed by atoms with van der Waals surface area (Å²) in [6.07, 6.45) is 7.53. The molecule has 7 rings (SSSR count). The number of para-hydroxylation sites is 2. The molecule has 2 aromatic rings. The predicted molar refractivity (Wildman–Crippen MR) is 154 cm³/mol. The number of imide groups is 2. The van der Waals surface area contributed by atoms with Crippen molar-refractivity contribution in [3.8, 4) is 11.5 Å². The minimum absolute atomic E-state index is 0.0665. The van der Waals surface area contributed by atoms with Crippen LogP contribution >= 0.6 is 0 Å². The average Bonchev–Trinajstić information content (AvgIpc) is 3.38. The summed E-state index contributed by atoms with van der Waals surface area (Å²) < 4.78 is 5.44. The van der Waals surface area contributed by atoms with Crippen molar-refractivity contribution < 1.29 is 29.0 Å². The van der Waals surface area contributed by atoms with Gasteiger partial charge in [0.25, 0.3) is 0 Å². The third-order valence-electron chi connectivity index (χ3n) is 10.8. The van der Waals surface area contributed by atoms with E-state index in [1.54, 1.807) is 47.4 Å². The molecular formula is C34H36N2O6. The topological polar surface area (TPSA) is 104 Å². The lowest BCUT2D eigenvalue weighted by Crippen LogP contribution is -2.49. The molecule has 2 aromatic carbocycles. The lowest BCUT2D eigenvalue weighted by atomic mass is 9.51. The molecule has 3 aliphatic carbocycles. The molecule has 6 atom stereocenters. The van der Waals surface area contributed by atoms with Crippen LogP contribution in [0.3, 0.4) is 0 Å². The van der Waals surface area contributed by atoms with Crippen molar-refractivity contribution >= 4 is 29.3 Å². The Labute approximate surface area is 245 Å². The second-order valence-electron chi connectivity index (χ2n) is 12.7. The summed E-state index contributed by atoms with van der Waals surface area (Å²) in [5.74, 6) is -3.50. The van der Waals surface area contributed by atoms with Crippen LogP contribution in [0.4, 0.5) is 5.69 Å². The molecule has 0 spiro atoms. The number of carbonyl (C=O) groups excluding carboxylic acids is 4. The number of likely N-dealkylation sites (tertiary alicyclic amines) is 1. The van der Waals surface area contributed by atoms with Gasteiger partial charge in [-0.2, -0.15) is 0 Å². The molecule has 0 radical (unpaired) electrons. The number of aromatic hydroxyl groups is 1. The maximum Gasteiger partial charge on any atom is 0.241 e. The van der Waals surface area contributed by atoms with Crippen molar-refractivity contribution in [2.75, 3.05) is 12.0 Å². The Balaban J connectivity index is 1.37. The molecule has 8 heteroatoms. The number of benzene rings is 2. The molecule has 4 amide bonds. The van der Waals surface area contributed by atoms with Crippen molar-refractivity contribution in [2.45, 2.75) is 63.8 Å². The molecule has 218 valence electrons. The van der Waals surface area contributed by atoms with Crippen LogP contribution < -0.4 is 9.64 Å². The normalized spacial score (nSPS) is 32.9. The monoisotopic (exact) mass is 568 g/mol. The van der Waals surface area contributed by atoms with E-state index in [1.807, 2.05) is 19.1 Å². The number of ether oxygens (including phenoxy) is 1. The molecule has 4 fully saturated rings. The first kappa shape index (κ1) is 26.9. The third-order valence-corrected chi connectivity index (χ3v) is 10.8. The highest BCUT2D eigenvalue weighted by atomic mass is 16.5. The van der Waals surface area contributed by atoms with E-state index in [1.165, 1.54) is 12.0 Å². The minimum atomic E-state index is -1.21. The molecule has 2 saturated heterocycles. The van der Waals surface area contributed by atoms with Crippen molar-refractivity contribution in [1.82, 2.24) is 4.90 Å². The Kier molecular flexibility index (Phi) is 6.29. The first-order chi connectivity index (χ1) is 20.3. The van der Waals surface area contributed by atoms with Gasteiger partial charge in [-0.05, 0) is 56.7 Å². The van der Waals surface area contributed by atoms with E-state index in [-0.39, 0.29) is 41.2 Å². The molecule has 2 saturated carbocycles. The van der Waals surface area contributed by atoms with Crippen LogP contribution in [-0.2, 0) is 19.2 Å². The highest BCUT2D eigenvalue weighted by Gasteiger charge is 2.68. The molecule has 2 aliphatic heterocycles. The Morgan fingerprint density at radius 1 is 0.881 bits per heavy atom. The van der Waals surface area contributed by atoms with Crippen LogP contribution in [0.2, 0.25) is 0 Å². The lowest BCUT2D eigenvalue weighted by molar-refractivity contribution is -0.144. The summed E-state index contributed by atoms with van der Waals surface area (Å²) in [5.41, 5.74) is 0.650. The van der Waals surface area contributed by atoms with Crippen LogP contribution in [0.15, 0.2) is 60.2 Å². The molecule has 0 bridgehead atoms. The van der Waals surface area contributed by atoms with Crippen LogP contribution in [0, 0.1) is 29.1 Å². The highest BCUT2D eigenvalue weighted by Crippen LogP contribution is 2.65. The van der Waals surface area contributed by atoms with Gasteiger partial charge in [-0.15, -0.1) is 0 Å². The number of carbonyl (C=O) groups is 4. The van der Waals surface area contributed by atoms with Gasteiger partial charge in [-0.3, -0.25) is 24.1 Å². The predicted octanol–water partition coefficient (Wildman–Crippen LogP) is 4.96. The molecule has 0 aromatic heterocycles. The van der Waals surface area contributed by atoms with Crippen molar-refractivity contribution in [1.29, 1.82) is 0 Å². The number of fused-ring (bicyclic) bond motifs is 4. The second-order valence-corrected chi connectivity index (χ2v) is 12.7. The maximum absolute atomic E-state index is 14.4. The van der Waals surface area contributed by atoms with Gasteiger partial charge in [-0.1, -0.05) is 61.2 Å². The van der Waals surface area contributed by atoms with E-state index >= 15 is 0 Å². The molecular weight excluding hydrogens is 532 g/mol. The van der Waals surface area contributed by atoms with Gasteiger partial charge in [0.1, 0.15) is 0 Å². The fraction of sp³-hybridized carbons (Fsp3) is 0.471. The largest absolute Gasteiger partial charge is 0.504 e. The van der Waals surface area contributed by atoms with E-state index < -0.39 is 35.0 Å². The van der Waals surface area contributed by atoms with Crippen LogP contribution in [-0.4, -0.2) is 46.8 Å². The summed E-state index contributed by atoms with van der Waals surface area (Å²) in [5, 5.41) is 11.4. The Morgan fingerprint density at radius 3 is 2.33 bits per heavy atom. The zero-order chi connectivity index (χ0) is 29.3. The molecule has 8 nitrogen and oxygen atoms in total. The Bertz CT molecular complexity index is 1510. The fourth-order valence-electron chi connectivity index (χ4n) is 8.84. The minimum Gasteiger partial charge on any atom is -0.504 e. The first-order valence-corrected chi connectivity index (χ1v) is 15.1.